The molecule has 0 fully saturated rings. The number of hydrogen-bond donors (Lipinski definition) is 1. The van der Waals surface area contributed by atoms with Crippen molar-refractivity contribution in [3.63, 3.8) is 0 Å². The molecule has 1 aromatic heterocycles. The summed E-state index contributed by atoms with van der Waals surface area (Å²) >= 11 is 0. The predicted octanol–water partition coefficient (Wildman–Crippen LogP) is 2.27. The fourth-order valence-electron chi connectivity index (χ4n) is 1.68. The highest BCUT2D eigenvalue weighted by molar-refractivity contribution is 5.21. The van der Waals surface area contributed by atoms with Gasteiger partial charge in [0, 0.05) is 18.9 Å². The van der Waals surface area contributed by atoms with Crippen LogP contribution >= 0.6 is 0 Å². The molecule has 15 heavy (non-hydrogen) atoms. The molecule has 0 bridgehead atoms. The van der Waals surface area contributed by atoms with Gasteiger partial charge in [0.2, 0.25) is 0 Å². The van der Waals surface area contributed by atoms with Crippen LogP contribution in [0.25, 0.3) is 0 Å². The zero-order valence-electron chi connectivity index (χ0n) is 8.80. The molecule has 2 rings (SSSR count). The van der Waals surface area contributed by atoms with Crippen LogP contribution < -0.4 is 5.73 Å². The minimum atomic E-state index is 0.447. The third kappa shape index (κ3) is 2.18. The minimum absolute atomic E-state index is 0.447. The van der Waals surface area contributed by atoms with Gasteiger partial charge >= 0.3 is 0 Å². The molecule has 0 aliphatic heterocycles. The molecule has 0 spiro atoms. The molecule has 1 aromatic carbocycles. The highest BCUT2D eigenvalue weighted by atomic mass is 15.1. The Labute approximate surface area is 89.6 Å². The summed E-state index contributed by atoms with van der Waals surface area (Å²) in [6.45, 7) is 3.06. The van der Waals surface area contributed by atoms with Gasteiger partial charge < -0.3 is 10.3 Å². The standard InChI is InChI=1S/C12H15N3/c1-10(11-5-3-2-4-6-11)9-15-8-7-14-12(15)13/h2-8,10H,9H2,1H3,(H2,13,14). The topological polar surface area (TPSA) is 43.8 Å². The van der Waals surface area contributed by atoms with Crippen LogP contribution in [0.1, 0.15) is 18.4 Å². The van der Waals surface area contributed by atoms with Gasteiger partial charge in [-0.2, -0.15) is 0 Å². The van der Waals surface area contributed by atoms with Gasteiger partial charge in [0.25, 0.3) is 0 Å². The van der Waals surface area contributed by atoms with E-state index in [9.17, 15) is 0 Å². The van der Waals surface area contributed by atoms with Crippen molar-refractivity contribution < 1.29 is 0 Å². The monoisotopic (exact) mass is 201 g/mol. The van der Waals surface area contributed by atoms with Crippen molar-refractivity contribution in [2.24, 2.45) is 0 Å². The van der Waals surface area contributed by atoms with Crippen LogP contribution in [0.15, 0.2) is 42.7 Å². The van der Waals surface area contributed by atoms with Gasteiger partial charge in [-0.25, -0.2) is 4.98 Å². The van der Waals surface area contributed by atoms with E-state index in [1.54, 1.807) is 6.20 Å². The van der Waals surface area contributed by atoms with Gasteiger partial charge in [-0.1, -0.05) is 37.3 Å². The zero-order valence-corrected chi connectivity index (χ0v) is 8.80. The van der Waals surface area contributed by atoms with E-state index in [1.807, 2.05) is 16.8 Å². The van der Waals surface area contributed by atoms with Crippen LogP contribution in [0.5, 0.6) is 0 Å². The lowest BCUT2D eigenvalue weighted by molar-refractivity contribution is 0.604. The van der Waals surface area contributed by atoms with E-state index in [-0.39, 0.29) is 0 Å². The van der Waals surface area contributed by atoms with Crippen LogP contribution in [0, 0.1) is 0 Å². The molecule has 0 saturated heterocycles. The maximum Gasteiger partial charge on any atom is 0.200 e. The first kappa shape index (κ1) is 9.77. The van der Waals surface area contributed by atoms with Crippen molar-refractivity contribution in [2.75, 3.05) is 5.73 Å². The molecule has 1 atom stereocenters. The van der Waals surface area contributed by atoms with Crippen LogP contribution in [-0.4, -0.2) is 9.55 Å². The van der Waals surface area contributed by atoms with E-state index >= 15 is 0 Å². The molecule has 78 valence electrons. The molecular weight excluding hydrogens is 186 g/mol. The average molecular weight is 201 g/mol. The van der Waals surface area contributed by atoms with Gasteiger partial charge in [0.1, 0.15) is 0 Å². The van der Waals surface area contributed by atoms with Crippen LogP contribution in [-0.2, 0) is 6.54 Å². The summed E-state index contributed by atoms with van der Waals surface area (Å²) in [5.41, 5.74) is 7.04. The number of nitrogens with zero attached hydrogens (tertiary/aromatic N) is 2. The Bertz CT molecular complexity index is 419. The number of nitrogens with two attached hydrogens (primary N) is 1. The second-order valence-electron chi connectivity index (χ2n) is 3.75. The average Bonchev–Trinajstić information content (AvgIpc) is 2.66. The van der Waals surface area contributed by atoms with E-state index in [1.165, 1.54) is 5.56 Å². The summed E-state index contributed by atoms with van der Waals surface area (Å²) in [5.74, 6) is 1.03. The Morgan fingerprint density at radius 2 is 2.07 bits per heavy atom. The molecule has 1 unspecified atom stereocenters. The van der Waals surface area contributed by atoms with E-state index < -0.39 is 0 Å². The number of imidazole rings is 1. The molecule has 3 heteroatoms. The Balaban J connectivity index is 2.11. The van der Waals surface area contributed by atoms with Crippen molar-refractivity contribution in [1.29, 1.82) is 0 Å². The second kappa shape index (κ2) is 4.17. The van der Waals surface area contributed by atoms with Gasteiger partial charge in [0.15, 0.2) is 5.95 Å². The summed E-state index contributed by atoms with van der Waals surface area (Å²) in [5, 5.41) is 0. The second-order valence-corrected chi connectivity index (χ2v) is 3.75. The highest BCUT2D eigenvalue weighted by Gasteiger charge is 2.07. The van der Waals surface area contributed by atoms with E-state index in [0.29, 0.717) is 11.9 Å². The molecule has 0 radical (unpaired) electrons. The third-order valence-electron chi connectivity index (χ3n) is 2.59. The Kier molecular flexibility index (Phi) is 2.72. The molecule has 2 N–H and O–H groups in total. The number of benzene rings is 1. The summed E-state index contributed by atoms with van der Waals surface area (Å²) in [6.07, 6.45) is 3.64. The summed E-state index contributed by atoms with van der Waals surface area (Å²) in [4.78, 5) is 4.00. The van der Waals surface area contributed by atoms with Crippen molar-refractivity contribution in [3.05, 3.63) is 48.3 Å². The first-order valence-corrected chi connectivity index (χ1v) is 5.09. The Morgan fingerprint density at radius 3 is 2.67 bits per heavy atom. The van der Waals surface area contributed by atoms with E-state index in [4.69, 9.17) is 5.73 Å². The van der Waals surface area contributed by atoms with Gasteiger partial charge in [0.05, 0.1) is 0 Å². The Morgan fingerprint density at radius 1 is 1.33 bits per heavy atom. The zero-order chi connectivity index (χ0) is 10.7. The number of hydrogen-bond acceptors (Lipinski definition) is 2. The first-order valence-electron chi connectivity index (χ1n) is 5.09. The minimum Gasteiger partial charge on any atom is -0.369 e. The van der Waals surface area contributed by atoms with E-state index in [2.05, 4.69) is 36.2 Å². The molecule has 0 amide bonds. The quantitative estimate of drug-likeness (QED) is 0.827. The highest BCUT2D eigenvalue weighted by Crippen LogP contribution is 2.17. The number of rotatable bonds is 3. The van der Waals surface area contributed by atoms with Crippen molar-refractivity contribution in [3.8, 4) is 0 Å². The lowest BCUT2D eigenvalue weighted by Gasteiger charge is -2.13. The molecule has 3 nitrogen and oxygen atoms in total. The maximum atomic E-state index is 5.72. The summed E-state index contributed by atoms with van der Waals surface area (Å²) in [6, 6.07) is 10.4. The van der Waals surface area contributed by atoms with Crippen molar-refractivity contribution >= 4 is 5.95 Å². The smallest absolute Gasteiger partial charge is 0.200 e. The summed E-state index contributed by atoms with van der Waals surface area (Å²) < 4.78 is 1.97. The van der Waals surface area contributed by atoms with Crippen LogP contribution in [0.2, 0.25) is 0 Å². The first-order chi connectivity index (χ1) is 7.27. The Hall–Kier alpha value is -1.77. The molecule has 0 saturated carbocycles. The third-order valence-corrected chi connectivity index (χ3v) is 2.59. The fourth-order valence-corrected chi connectivity index (χ4v) is 1.68. The molecule has 0 aliphatic carbocycles. The number of anilines is 1. The maximum absolute atomic E-state index is 5.72. The van der Waals surface area contributed by atoms with E-state index in [0.717, 1.165) is 6.54 Å². The normalized spacial score (nSPS) is 12.6. The number of aromatic nitrogens is 2. The van der Waals surface area contributed by atoms with Crippen molar-refractivity contribution in [2.45, 2.75) is 19.4 Å². The molecular formula is C12H15N3. The van der Waals surface area contributed by atoms with Gasteiger partial charge in [-0.3, -0.25) is 0 Å². The van der Waals surface area contributed by atoms with Gasteiger partial charge in [-0.15, -0.1) is 0 Å². The number of nitrogen functional groups attached to an aromatic ring is 1. The SMILES string of the molecule is CC(Cn1ccnc1N)c1ccccc1. The molecule has 1 heterocycles. The van der Waals surface area contributed by atoms with Crippen molar-refractivity contribution in [1.82, 2.24) is 9.55 Å². The molecule has 0 aliphatic rings. The fraction of sp³-hybridized carbons (Fsp3) is 0.250. The predicted molar refractivity (Wildman–Crippen MR) is 61.5 cm³/mol. The van der Waals surface area contributed by atoms with Gasteiger partial charge in [-0.05, 0) is 11.5 Å². The molecule has 2 aromatic rings. The summed E-state index contributed by atoms with van der Waals surface area (Å²) in [7, 11) is 0. The lowest BCUT2D eigenvalue weighted by Crippen LogP contribution is -2.08. The largest absolute Gasteiger partial charge is 0.369 e. The lowest BCUT2D eigenvalue weighted by atomic mass is 10.0. The van der Waals surface area contributed by atoms with Crippen LogP contribution in [0.3, 0.4) is 0 Å². The van der Waals surface area contributed by atoms with Crippen LogP contribution in [0.4, 0.5) is 5.95 Å².